The van der Waals surface area contributed by atoms with Crippen molar-refractivity contribution in [2.45, 2.75) is 79.1 Å². The molecule has 5 rings (SSSR count). The van der Waals surface area contributed by atoms with Crippen LogP contribution in [0.5, 0.6) is 5.75 Å². The summed E-state index contributed by atoms with van der Waals surface area (Å²) in [5.74, 6) is -0.536. The van der Waals surface area contributed by atoms with Crippen LogP contribution in [0.15, 0.2) is 54.6 Å². The fourth-order valence-corrected chi connectivity index (χ4v) is 6.19. The van der Waals surface area contributed by atoms with Gasteiger partial charge in [0.25, 0.3) is 11.8 Å². The molecule has 0 saturated carbocycles. The molecule has 41 heavy (non-hydrogen) atoms. The van der Waals surface area contributed by atoms with E-state index in [0.29, 0.717) is 34.4 Å². The summed E-state index contributed by atoms with van der Waals surface area (Å²) in [6, 6.07) is 17.5. The normalized spacial score (nSPS) is 14.7. The van der Waals surface area contributed by atoms with E-state index in [1.165, 1.54) is 9.70 Å². The summed E-state index contributed by atoms with van der Waals surface area (Å²) in [5, 5.41) is 21.1. The topological polar surface area (TPSA) is 88.3 Å². The first kappa shape index (κ1) is 28.5. The van der Waals surface area contributed by atoms with Gasteiger partial charge in [0, 0.05) is 18.0 Å². The maximum atomic E-state index is 13.0. The van der Waals surface area contributed by atoms with Gasteiger partial charge in [0.1, 0.15) is 22.5 Å². The average Bonchev–Trinajstić information content (AvgIpc) is 3.43. The number of carbonyl (C=O) groups excluding carboxylic acids is 2. The Morgan fingerprint density at radius 2 is 1.46 bits per heavy atom. The zero-order valence-corrected chi connectivity index (χ0v) is 25.2. The van der Waals surface area contributed by atoms with Gasteiger partial charge in [0.2, 0.25) is 0 Å². The number of hydrogen-bond acceptors (Lipinski definition) is 5. The van der Waals surface area contributed by atoms with Crippen LogP contribution in [0.3, 0.4) is 0 Å². The van der Waals surface area contributed by atoms with Gasteiger partial charge < -0.3 is 5.11 Å². The molecule has 1 unspecified atom stereocenters. The van der Waals surface area contributed by atoms with E-state index in [2.05, 4.69) is 59.7 Å². The van der Waals surface area contributed by atoms with Crippen LogP contribution in [0.4, 0.5) is 0 Å². The van der Waals surface area contributed by atoms with Crippen molar-refractivity contribution in [3.05, 3.63) is 82.4 Å². The highest BCUT2D eigenvalue weighted by Crippen LogP contribution is 2.42. The molecule has 0 spiro atoms. The van der Waals surface area contributed by atoms with Crippen LogP contribution < -0.4 is 0 Å². The number of rotatable bonds is 8. The van der Waals surface area contributed by atoms with Crippen molar-refractivity contribution in [2.24, 2.45) is 5.41 Å². The van der Waals surface area contributed by atoms with Crippen molar-refractivity contribution in [1.29, 1.82) is 0 Å². The van der Waals surface area contributed by atoms with Crippen LogP contribution in [-0.4, -0.2) is 43.4 Å². The molecule has 1 aliphatic heterocycles. The zero-order valence-electron chi connectivity index (χ0n) is 25.2. The van der Waals surface area contributed by atoms with Gasteiger partial charge in [-0.25, -0.2) is 0 Å². The van der Waals surface area contributed by atoms with Crippen LogP contribution in [0.2, 0.25) is 0 Å². The van der Waals surface area contributed by atoms with Gasteiger partial charge in [-0.15, -0.1) is 15.0 Å². The SMILES string of the molecule is CCCCN1C(=O)c2cc3nn(-c4cc(C(C)(C)CC(C)(C)C)cc(C(C)c5ccccc5)c4O)nc3cc2C1=O. The second kappa shape index (κ2) is 10.4. The van der Waals surface area contributed by atoms with E-state index in [-0.39, 0.29) is 34.3 Å². The summed E-state index contributed by atoms with van der Waals surface area (Å²) in [7, 11) is 0. The molecule has 0 bridgehead atoms. The Kier molecular flexibility index (Phi) is 7.26. The van der Waals surface area contributed by atoms with Crippen LogP contribution in [0.25, 0.3) is 16.7 Å². The molecule has 214 valence electrons. The fourth-order valence-electron chi connectivity index (χ4n) is 6.19. The van der Waals surface area contributed by atoms with Crippen LogP contribution in [0.1, 0.15) is 111 Å². The molecule has 1 atom stereocenters. The Morgan fingerprint density at radius 1 is 0.878 bits per heavy atom. The Hall–Kier alpha value is -4.00. The number of phenols is 1. The predicted octanol–water partition coefficient (Wildman–Crippen LogP) is 7.39. The molecule has 0 saturated heterocycles. The molecule has 7 nitrogen and oxygen atoms in total. The molecular formula is C34H40N4O3. The summed E-state index contributed by atoms with van der Waals surface area (Å²) >= 11 is 0. The lowest BCUT2D eigenvalue weighted by Crippen LogP contribution is -2.30. The molecule has 0 radical (unpaired) electrons. The highest BCUT2D eigenvalue weighted by molar-refractivity contribution is 6.22. The third kappa shape index (κ3) is 5.37. The Labute approximate surface area is 242 Å². The number of phenolic OH excluding ortho intramolecular Hbond substituents is 1. The third-order valence-corrected chi connectivity index (χ3v) is 8.06. The van der Waals surface area contributed by atoms with Crippen molar-refractivity contribution in [1.82, 2.24) is 19.9 Å². The second-order valence-electron chi connectivity index (χ2n) is 13.2. The van der Waals surface area contributed by atoms with E-state index < -0.39 is 0 Å². The van der Waals surface area contributed by atoms with E-state index in [0.717, 1.165) is 36.0 Å². The number of nitrogens with zero attached hydrogens (tertiary/aromatic N) is 4. The molecule has 2 heterocycles. The van der Waals surface area contributed by atoms with Crippen LogP contribution in [0, 0.1) is 5.41 Å². The summed E-state index contributed by atoms with van der Waals surface area (Å²) in [6.07, 6.45) is 2.59. The minimum absolute atomic E-state index is 0.0709. The number of aromatic nitrogens is 3. The summed E-state index contributed by atoms with van der Waals surface area (Å²) in [4.78, 5) is 28.8. The summed E-state index contributed by atoms with van der Waals surface area (Å²) in [6.45, 7) is 15.7. The van der Waals surface area contributed by atoms with Gasteiger partial charge in [0.05, 0.1) is 11.1 Å². The average molecular weight is 553 g/mol. The molecule has 1 aliphatic rings. The molecule has 0 aliphatic carbocycles. The molecular weight excluding hydrogens is 512 g/mol. The Morgan fingerprint density at radius 3 is 2.00 bits per heavy atom. The van der Waals surface area contributed by atoms with Gasteiger partial charge in [-0.1, -0.05) is 91.3 Å². The van der Waals surface area contributed by atoms with Crippen LogP contribution >= 0.6 is 0 Å². The number of unbranched alkanes of at least 4 members (excludes halogenated alkanes) is 1. The zero-order chi connectivity index (χ0) is 29.7. The predicted molar refractivity (Wildman–Crippen MR) is 162 cm³/mol. The second-order valence-corrected chi connectivity index (χ2v) is 13.2. The maximum Gasteiger partial charge on any atom is 0.261 e. The first-order valence-electron chi connectivity index (χ1n) is 14.5. The quantitative estimate of drug-likeness (QED) is 0.230. The van der Waals surface area contributed by atoms with Crippen molar-refractivity contribution in [2.75, 3.05) is 6.54 Å². The van der Waals surface area contributed by atoms with E-state index in [1.807, 2.05) is 31.2 Å². The number of aromatic hydroxyl groups is 1. The number of imide groups is 1. The number of amides is 2. The van der Waals surface area contributed by atoms with Crippen molar-refractivity contribution in [3.63, 3.8) is 0 Å². The highest BCUT2D eigenvalue weighted by atomic mass is 16.3. The fraction of sp³-hybridized carbons (Fsp3) is 0.412. The van der Waals surface area contributed by atoms with Gasteiger partial charge in [-0.05, 0) is 53.0 Å². The summed E-state index contributed by atoms with van der Waals surface area (Å²) in [5.41, 5.74) is 5.06. The minimum Gasteiger partial charge on any atom is -0.505 e. The van der Waals surface area contributed by atoms with E-state index >= 15 is 0 Å². The van der Waals surface area contributed by atoms with Crippen LogP contribution in [-0.2, 0) is 5.41 Å². The molecule has 3 aromatic carbocycles. The van der Waals surface area contributed by atoms with Gasteiger partial charge in [0.15, 0.2) is 0 Å². The standard InChI is InChI=1S/C34H40N4O3/c1-8-9-15-37-31(40)25-18-27-28(19-26(25)32(37)41)36-38(35-27)29-17-23(34(6,7)20-33(3,4)5)16-24(30(29)39)21(2)22-13-11-10-12-14-22/h10-14,16-19,21,39H,8-9,15,20H2,1-7H3. The smallest absolute Gasteiger partial charge is 0.261 e. The number of hydrogen-bond donors (Lipinski definition) is 1. The lowest BCUT2D eigenvalue weighted by Gasteiger charge is -2.34. The molecule has 1 aromatic heterocycles. The Bertz CT molecular complexity index is 1580. The molecule has 1 N–H and O–H groups in total. The first-order chi connectivity index (χ1) is 19.3. The monoisotopic (exact) mass is 552 g/mol. The maximum absolute atomic E-state index is 13.0. The molecule has 4 aromatic rings. The van der Waals surface area contributed by atoms with E-state index in [1.54, 1.807) is 12.1 Å². The molecule has 0 fully saturated rings. The van der Waals surface area contributed by atoms with Gasteiger partial charge in [-0.3, -0.25) is 14.5 Å². The largest absolute Gasteiger partial charge is 0.505 e. The van der Waals surface area contributed by atoms with Crippen molar-refractivity contribution >= 4 is 22.8 Å². The number of fused-ring (bicyclic) bond motifs is 2. The van der Waals surface area contributed by atoms with Crippen molar-refractivity contribution < 1.29 is 14.7 Å². The van der Waals surface area contributed by atoms with E-state index in [9.17, 15) is 14.7 Å². The lowest BCUT2D eigenvalue weighted by atomic mass is 9.71. The number of carbonyl (C=O) groups is 2. The van der Waals surface area contributed by atoms with Gasteiger partial charge in [-0.2, -0.15) is 0 Å². The third-order valence-electron chi connectivity index (χ3n) is 8.06. The molecule has 7 heteroatoms. The molecule has 2 amide bonds. The van der Waals surface area contributed by atoms with Crippen molar-refractivity contribution in [3.8, 4) is 11.4 Å². The minimum atomic E-state index is -0.289. The highest BCUT2D eigenvalue weighted by Gasteiger charge is 2.36. The first-order valence-corrected chi connectivity index (χ1v) is 14.5. The number of benzene rings is 3. The lowest BCUT2D eigenvalue weighted by molar-refractivity contribution is 0.0652. The Balaban J connectivity index is 1.64. The van der Waals surface area contributed by atoms with E-state index in [4.69, 9.17) is 10.2 Å². The van der Waals surface area contributed by atoms with Gasteiger partial charge >= 0.3 is 0 Å². The summed E-state index contributed by atoms with van der Waals surface area (Å²) < 4.78 is 0.